The second-order valence-electron chi connectivity index (χ2n) is 7.46. The van der Waals surface area contributed by atoms with Crippen molar-refractivity contribution >= 4 is 32.6 Å². The van der Waals surface area contributed by atoms with Crippen LogP contribution < -0.4 is 5.32 Å². The highest BCUT2D eigenvalue weighted by atomic mass is 32.2. The molecule has 10 heteroatoms. The lowest BCUT2D eigenvalue weighted by Gasteiger charge is -2.25. The molecule has 1 heterocycles. The van der Waals surface area contributed by atoms with Crippen LogP contribution in [-0.4, -0.2) is 57.9 Å². The first kappa shape index (κ1) is 24.6. The highest BCUT2D eigenvalue weighted by Gasteiger charge is 2.37. The molecule has 1 N–H and O–H groups in total. The number of nitrogens with zero attached hydrogens (tertiary/aromatic N) is 1. The van der Waals surface area contributed by atoms with E-state index in [0.717, 1.165) is 6.26 Å². The molecule has 0 aliphatic carbocycles. The molecule has 3 aromatic rings. The smallest absolute Gasteiger partial charge is 0.264 e. The topological polar surface area (TPSA) is 125 Å². The SMILES string of the molecule is COCOC(C(=O)NCCCC(=O)c1nc2ccccc2o1)C(c1ccccc1)S(C)(=O)=O. The molecule has 2 unspecified atom stereocenters. The maximum Gasteiger partial charge on any atom is 0.264 e. The predicted molar refractivity (Wildman–Crippen MR) is 121 cm³/mol. The number of fused-ring (bicyclic) bond motifs is 1. The van der Waals surface area contributed by atoms with Crippen LogP contribution >= 0.6 is 0 Å². The van der Waals surface area contributed by atoms with Crippen LogP contribution in [0.5, 0.6) is 0 Å². The zero-order valence-electron chi connectivity index (χ0n) is 18.4. The first-order valence-corrected chi connectivity index (χ1v) is 12.3. The van der Waals surface area contributed by atoms with Gasteiger partial charge < -0.3 is 19.2 Å². The number of hydrogen-bond acceptors (Lipinski definition) is 8. The third-order valence-corrected chi connectivity index (χ3v) is 6.34. The Morgan fingerprint density at radius 1 is 1.09 bits per heavy atom. The molecule has 0 radical (unpaired) electrons. The molecule has 1 amide bonds. The Bertz CT molecular complexity index is 1160. The summed E-state index contributed by atoms with van der Waals surface area (Å²) in [6.07, 6.45) is 0.148. The predicted octanol–water partition coefficient (Wildman–Crippen LogP) is 2.68. The van der Waals surface area contributed by atoms with Crippen molar-refractivity contribution < 1.29 is 31.9 Å². The van der Waals surface area contributed by atoms with Crippen molar-refractivity contribution in [2.75, 3.05) is 26.7 Å². The third-order valence-electron chi connectivity index (χ3n) is 4.90. The summed E-state index contributed by atoms with van der Waals surface area (Å²) in [6.45, 7) is -0.115. The van der Waals surface area contributed by atoms with Gasteiger partial charge in [0.1, 0.15) is 17.6 Å². The first-order chi connectivity index (χ1) is 15.8. The minimum Gasteiger partial charge on any atom is -0.434 e. The number of ketones is 1. The summed E-state index contributed by atoms with van der Waals surface area (Å²) in [6, 6.07) is 15.5. The zero-order chi connectivity index (χ0) is 23.8. The molecule has 2 atom stereocenters. The van der Waals surface area contributed by atoms with E-state index in [-0.39, 0.29) is 31.4 Å². The number of carbonyl (C=O) groups is 2. The first-order valence-electron chi connectivity index (χ1n) is 10.3. The number of para-hydroxylation sites is 2. The Balaban J connectivity index is 1.63. The van der Waals surface area contributed by atoms with Crippen LogP contribution in [0, 0.1) is 0 Å². The second kappa shape index (κ2) is 11.2. The lowest BCUT2D eigenvalue weighted by atomic mass is 10.1. The van der Waals surface area contributed by atoms with Crippen LogP contribution in [0.3, 0.4) is 0 Å². The van der Waals surface area contributed by atoms with Crippen LogP contribution in [0.1, 0.15) is 34.3 Å². The molecule has 33 heavy (non-hydrogen) atoms. The van der Waals surface area contributed by atoms with E-state index in [9.17, 15) is 18.0 Å². The number of aromatic nitrogens is 1. The molecular weight excluding hydrogens is 448 g/mol. The number of carbonyl (C=O) groups excluding carboxylic acids is 2. The van der Waals surface area contributed by atoms with Crippen LogP contribution in [0.15, 0.2) is 59.0 Å². The number of methoxy groups -OCH3 is 1. The Labute approximate surface area is 192 Å². The molecular formula is C23H26N2O7S. The summed E-state index contributed by atoms with van der Waals surface area (Å²) in [5.74, 6) is -0.878. The van der Waals surface area contributed by atoms with Crippen LogP contribution in [-0.2, 0) is 24.1 Å². The van der Waals surface area contributed by atoms with Crippen molar-refractivity contribution in [1.29, 1.82) is 0 Å². The lowest BCUT2D eigenvalue weighted by molar-refractivity contribution is -0.142. The van der Waals surface area contributed by atoms with E-state index in [0.29, 0.717) is 23.1 Å². The van der Waals surface area contributed by atoms with Crippen molar-refractivity contribution in [3.8, 4) is 0 Å². The van der Waals surface area contributed by atoms with Gasteiger partial charge in [-0.15, -0.1) is 0 Å². The van der Waals surface area contributed by atoms with Gasteiger partial charge in [0, 0.05) is 26.3 Å². The quantitative estimate of drug-likeness (QED) is 0.241. The molecule has 0 spiro atoms. The standard InChI is InChI=1S/C23H26N2O7S/c1-30-15-31-20(21(33(2,28)29)16-9-4-3-5-10-16)22(27)24-14-8-12-18(26)23-25-17-11-6-7-13-19(17)32-23/h3-7,9-11,13,20-21H,8,12,14-15H2,1-2H3,(H,24,27). The number of ether oxygens (including phenoxy) is 2. The van der Waals surface area contributed by atoms with E-state index in [1.165, 1.54) is 7.11 Å². The van der Waals surface area contributed by atoms with Gasteiger partial charge in [0.2, 0.25) is 5.78 Å². The number of rotatable bonds is 12. The minimum atomic E-state index is -3.70. The second-order valence-corrected chi connectivity index (χ2v) is 9.63. The average molecular weight is 475 g/mol. The van der Waals surface area contributed by atoms with Gasteiger partial charge in [-0.25, -0.2) is 13.4 Å². The Hall–Kier alpha value is -3.08. The number of nitrogens with one attached hydrogen (secondary N) is 1. The zero-order valence-corrected chi connectivity index (χ0v) is 19.2. The Morgan fingerprint density at radius 2 is 1.79 bits per heavy atom. The summed E-state index contributed by atoms with van der Waals surface area (Å²) in [7, 11) is -2.32. The number of sulfone groups is 1. The monoisotopic (exact) mass is 474 g/mol. The lowest BCUT2D eigenvalue weighted by Crippen LogP contribution is -2.43. The highest BCUT2D eigenvalue weighted by Crippen LogP contribution is 2.28. The van der Waals surface area contributed by atoms with Gasteiger partial charge >= 0.3 is 0 Å². The van der Waals surface area contributed by atoms with Gasteiger partial charge in [-0.05, 0) is 24.1 Å². The van der Waals surface area contributed by atoms with Crippen LogP contribution in [0.2, 0.25) is 0 Å². The summed E-state index contributed by atoms with van der Waals surface area (Å²) >= 11 is 0. The summed E-state index contributed by atoms with van der Waals surface area (Å²) in [5.41, 5.74) is 1.56. The van der Waals surface area contributed by atoms with Gasteiger partial charge in [0.25, 0.3) is 11.8 Å². The van der Waals surface area contributed by atoms with E-state index in [2.05, 4.69) is 10.3 Å². The molecule has 2 aromatic carbocycles. The molecule has 0 aliphatic heterocycles. The minimum absolute atomic E-state index is 0.0186. The number of oxazole rings is 1. The average Bonchev–Trinajstić information content (AvgIpc) is 3.23. The fraction of sp³-hybridized carbons (Fsp3) is 0.348. The maximum absolute atomic E-state index is 12.9. The summed E-state index contributed by atoms with van der Waals surface area (Å²) in [5, 5.41) is 1.45. The fourth-order valence-corrected chi connectivity index (χ4v) is 4.69. The van der Waals surface area contributed by atoms with Gasteiger partial charge in [-0.3, -0.25) is 9.59 Å². The number of Topliss-reactive ketones (excluding diaryl/α,β-unsaturated/α-hetero) is 1. The van der Waals surface area contributed by atoms with Crippen molar-refractivity contribution in [1.82, 2.24) is 10.3 Å². The molecule has 0 saturated heterocycles. The molecule has 0 saturated carbocycles. The van der Waals surface area contributed by atoms with Gasteiger partial charge in [0.05, 0.1) is 0 Å². The Kier molecular flexibility index (Phi) is 8.32. The van der Waals surface area contributed by atoms with E-state index in [4.69, 9.17) is 13.9 Å². The van der Waals surface area contributed by atoms with Crippen molar-refractivity contribution in [3.63, 3.8) is 0 Å². The van der Waals surface area contributed by atoms with E-state index in [1.807, 2.05) is 0 Å². The van der Waals surface area contributed by atoms with Crippen molar-refractivity contribution in [2.45, 2.75) is 24.2 Å². The van der Waals surface area contributed by atoms with Gasteiger partial charge in [-0.2, -0.15) is 0 Å². The van der Waals surface area contributed by atoms with Crippen LogP contribution in [0.25, 0.3) is 11.1 Å². The fourth-order valence-electron chi connectivity index (χ4n) is 3.39. The highest BCUT2D eigenvalue weighted by molar-refractivity contribution is 7.91. The third kappa shape index (κ3) is 6.47. The van der Waals surface area contributed by atoms with Crippen LogP contribution in [0.4, 0.5) is 0 Å². The van der Waals surface area contributed by atoms with E-state index < -0.39 is 27.1 Å². The van der Waals surface area contributed by atoms with Gasteiger partial charge in [-0.1, -0.05) is 42.5 Å². The molecule has 0 aliphatic rings. The van der Waals surface area contributed by atoms with Crippen molar-refractivity contribution in [2.24, 2.45) is 0 Å². The molecule has 176 valence electrons. The number of hydrogen-bond donors (Lipinski definition) is 1. The molecule has 0 bridgehead atoms. The Morgan fingerprint density at radius 3 is 2.45 bits per heavy atom. The molecule has 0 fully saturated rings. The molecule has 9 nitrogen and oxygen atoms in total. The normalized spacial score (nSPS) is 13.5. The van der Waals surface area contributed by atoms with E-state index in [1.54, 1.807) is 54.6 Å². The summed E-state index contributed by atoms with van der Waals surface area (Å²) < 4.78 is 40.9. The van der Waals surface area contributed by atoms with E-state index >= 15 is 0 Å². The molecule has 1 aromatic heterocycles. The van der Waals surface area contributed by atoms with Gasteiger partial charge in [0.15, 0.2) is 21.5 Å². The van der Waals surface area contributed by atoms with Crippen molar-refractivity contribution in [3.05, 3.63) is 66.1 Å². The maximum atomic E-state index is 12.9. The molecule has 3 rings (SSSR count). The largest absolute Gasteiger partial charge is 0.434 e. The number of amides is 1. The summed E-state index contributed by atoms with van der Waals surface area (Å²) in [4.78, 5) is 29.4. The number of benzene rings is 2.